The van der Waals surface area contributed by atoms with Gasteiger partial charge in [-0.15, -0.1) is 0 Å². The third-order valence-electron chi connectivity index (χ3n) is 1.63. The van der Waals surface area contributed by atoms with Gasteiger partial charge in [-0.3, -0.25) is 0 Å². The van der Waals surface area contributed by atoms with Gasteiger partial charge < -0.3 is 0 Å². The maximum Gasteiger partial charge on any atom is 0.223 e. The normalized spacial score (nSPS) is 12.8. The summed E-state index contributed by atoms with van der Waals surface area (Å²) in [7, 11) is -1.43. The summed E-state index contributed by atoms with van der Waals surface area (Å²) < 4.78 is 23.8. The molecule has 0 N–H and O–H groups in total. The Hall–Kier alpha value is 0.390. The van der Waals surface area contributed by atoms with E-state index < -0.39 is 10.0 Å². The molecule has 0 radical (unpaired) electrons. The average Bonchev–Trinajstić information content (AvgIpc) is 2.00. The van der Waals surface area contributed by atoms with Crippen molar-refractivity contribution in [1.29, 1.82) is 0 Å². The highest BCUT2D eigenvalue weighted by Gasteiger charge is 2.15. The van der Waals surface area contributed by atoms with E-state index in [2.05, 4.69) is 29.8 Å². The SMILES string of the molecule is CC(C)CCN(C)S(=O)(=O)CBr. The first-order valence-corrected chi connectivity index (χ1v) is 6.63. The molecule has 0 bridgehead atoms. The molecule has 0 aliphatic carbocycles. The summed E-state index contributed by atoms with van der Waals surface area (Å²) >= 11 is 2.95. The molecule has 74 valence electrons. The Morgan fingerprint density at radius 1 is 1.42 bits per heavy atom. The quantitative estimate of drug-likeness (QED) is 0.703. The van der Waals surface area contributed by atoms with Crippen LogP contribution >= 0.6 is 15.9 Å². The lowest BCUT2D eigenvalue weighted by Crippen LogP contribution is -2.29. The summed E-state index contributed by atoms with van der Waals surface area (Å²) in [4.78, 5) is 0. The molecule has 5 heteroatoms. The minimum Gasteiger partial charge on any atom is -0.211 e. The first kappa shape index (κ1) is 12.4. The molecule has 0 saturated carbocycles. The second-order valence-electron chi connectivity index (χ2n) is 3.23. The topological polar surface area (TPSA) is 37.4 Å². The Labute approximate surface area is 83.3 Å². The van der Waals surface area contributed by atoms with Crippen molar-refractivity contribution < 1.29 is 8.42 Å². The van der Waals surface area contributed by atoms with Crippen LogP contribution in [-0.2, 0) is 10.0 Å². The van der Waals surface area contributed by atoms with Gasteiger partial charge in [0.2, 0.25) is 10.0 Å². The fraction of sp³-hybridized carbons (Fsp3) is 1.00. The number of sulfonamides is 1. The third kappa shape index (κ3) is 4.42. The molecule has 0 aromatic heterocycles. The summed E-state index contributed by atoms with van der Waals surface area (Å²) in [6.07, 6.45) is 0.905. The van der Waals surface area contributed by atoms with Crippen LogP contribution < -0.4 is 0 Å². The number of alkyl halides is 1. The van der Waals surface area contributed by atoms with Gasteiger partial charge in [-0.05, 0) is 12.3 Å². The molecule has 0 spiro atoms. The summed E-state index contributed by atoms with van der Waals surface area (Å²) in [5, 5.41) is 0. The Balaban J connectivity index is 3.96. The molecule has 0 aliphatic rings. The molecule has 12 heavy (non-hydrogen) atoms. The van der Waals surface area contributed by atoms with Crippen molar-refractivity contribution in [3.63, 3.8) is 0 Å². The molecule has 0 fully saturated rings. The standard InChI is InChI=1S/C7H16BrNO2S/c1-7(2)4-5-9(3)12(10,11)6-8/h7H,4-6H2,1-3H3. The fourth-order valence-corrected chi connectivity index (χ4v) is 2.26. The maximum atomic E-state index is 11.2. The number of hydrogen-bond acceptors (Lipinski definition) is 2. The van der Waals surface area contributed by atoms with Crippen molar-refractivity contribution >= 4 is 26.0 Å². The highest BCUT2D eigenvalue weighted by atomic mass is 79.9. The molecular weight excluding hydrogens is 242 g/mol. The Kier molecular flexibility index (Phi) is 5.36. The van der Waals surface area contributed by atoms with Crippen LogP contribution in [0.3, 0.4) is 0 Å². The number of rotatable bonds is 5. The van der Waals surface area contributed by atoms with E-state index in [0.717, 1.165) is 6.42 Å². The van der Waals surface area contributed by atoms with Gasteiger partial charge in [0.25, 0.3) is 0 Å². The van der Waals surface area contributed by atoms with Crippen LogP contribution in [0.25, 0.3) is 0 Å². The third-order valence-corrected chi connectivity index (χ3v) is 4.78. The van der Waals surface area contributed by atoms with Gasteiger partial charge in [-0.25, -0.2) is 12.7 Å². The molecular formula is C7H16BrNO2S. The highest BCUT2D eigenvalue weighted by Crippen LogP contribution is 2.06. The highest BCUT2D eigenvalue weighted by molar-refractivity contribution is 9.10. The average molecular weight is 258 g/mol. The zero-order valence-corrected chi connectivity index (χ0v) is 10.2. The van der Waals surface area contributed by atoms with E-state index in [1.54, 1.807) is 7.05 Å². The molecule has 0 atom stereocenters. The lowest BCUT2D eigenvalue weighted by molar-refractivity contribution is 0.431. The lowest BCUT2D eigenvalue weighted by Gasteiger charge is -2.16. The molecule has 0 rings (SSSR count). The maximum absolute atomic E-state index is 11.2. The predicted octanol–water partition coefficient (Wildman–Crippen LogP) is 1.65. The summed E-state index contributed by atoms with van der Waals surface area (Å²) in [5.41, 5.74) is 0. The Morgan fingerprint density at radius 2 is 1.92 bits per heavy atom. The van der Waals surface area contributed by atoms with Crippen molar-refractivity contribution in [1.82, 2.24) is 4.31 Å². The van der Waals surface area contributed by atoms with Crippen molar-refractivity contribution in [3.8, 4) is 0 Å². The van der Waals surface area contributed by atoms with Crippen molar-refractivity contribution in [2.24, 2.45) is 5.92 Å². The van der Waals surface area contributed by atoms with Crippen LogP contribution in [0, 0.1) is 5.92 Å². The minimum absolute atomic E-state index is 0.00853. The van der Waals surface area contributed by atoms with Crippen molar-refractivity contribution in [2.45, 2.75) is 20.3 Å². The minimum atomic E-state index is -3.04. The Bertz CT molecular complexity index is 213. The fourth-order valence-electron chi connectivity index (χ4n) is 0.662. The predicted molar refractivity (Wildman–Crippen MR) is 54.8 cm³/mol. The molecule has 0 unspecified atom stereocenters. The van der Waals surface area contributed by atoms with Gasteiger partial charge in [-0.1, -0.05) is 29.8 Å². The van der Waals surface area contributed by atoms with Crippen LogP contribution in [0.2, 0.25) is 0 Å². The number of hydrogen-bond donors (Lipinski definition) is 0. The molecule has 0 aromatic rings. The molecule has 3 nitrogen and oxygen atoms in total. The van der Waals surface area contributed by atoms with E-state index >= 15 is 0 Å². The van der Waals surface area contributed by atoms with E-state index in [1.165, 1.54) is 4.31 Å². The zero-order valence-electron chi connectivity index (χ0n) is 7.75. The lowest BCUT2D eigenvalue weighted by atomic mass is 10.1. The molecule has 0 heterocycles. The first-order valence-electron chi connectivity index (χ1n) is 3.90. The van der Waals surface area contributed by atoms with Crippen LogP contribution in [0.4, 0.5) is 0 Å². The number of halogens is 1. The molecule has 0 aliphatic heterocycles. The monoisotopic (exact) mass is 257 g/mol. The molecule has 0 saturated heterocycles. The van der Waals surface area contributed by atoms with E-state index in [-0.39, 0.29) is 4.66 Å². The summed E-state index contributed by atoms with van der Waals surface area (Å²) in [6, 6.07) is 0. The van der Waals surface area contributed by atoms with Gasteiger partial charge in [0.15, 0.2) is 0 Å². The second-order valence-corrected chi connectivity index (χ2v) is 6.60. The second kappa shape index (κ2) is 5.19. The first-order chi connectivity index (χ1) is 5.40. The number of nitrogens with zero attached hydrogens (tertiary/aromatic N) is 1. The van der Waals surface area contributed by atoms with E-state index in [9.17, 15) is 8.42 Å². The van der Waals surface area contributed by atoms with Crippen molar-refractivity contribution in [2.75, 3.05) is 18.3 Å². The van der Waals surface area contributed by atoms with Crippen molar-refractivity contribution in [3.05, 3.63) is 0 Å². The van der Waals surface area contributed by atoms with Crippen LogP contribution in [-0.4, -0.2) is 31.0 Å². The smallest absolute Gasteiger partial charge is 0.211 e. The van der Waals surface area contributed by atoms with Crippen LogP contribution in [0.5, 0.6) is 0 Å². The van der Waals surface area contributed by atoms with E-state index in [0.29, 0.717) is 12.5 Å². The molecule has 0 aromatic carbocycles. The zero-order chi connectivity index (χ0) is 9.78. The Morgan fingerprint density at radius 3 is 2.25 bits per heavy atom. The van der Waals surface area contributed by atoms with Crippen LogP contribution in [0.1, 0.15) is 20.3 Å². The van der Waals surface area contributed by atoms with Gasteiger partial charge in [-0.2, -0.15) is 0 Å². The van der Waals surface area contributed by atoms with Crippen LogP contribution in [0.15, 0.2) is 0 Å². The van der Waals surface area contributed by atoms with E-state index in [1.807, 2.05) is 0 Å². The van der Waals surface area contributed by atoms with Gasteiger partial charge >= 0.3 is 0 Å². The molecule has 0 amide bonds. The summed E-state index contributed by atoms with van der Waals surface area (Å²) in [6.45, 7) is 4.76. The van der Waals surface area contributed by atoms with Gasteiger partial charge in [0, 0.05) is 13.6 Å². The van der Waals surface area contributed by atoms with Gasteiger partial charge in [0.05, 0.1) is 0 Å². The van der Waals surface area contributed by atoms with E-state index in [4.69, 9.17) is 0 Å². The largest absolute Gasteiger partial charge is 0.223 e. The summed E-state index contributed by atoms with van der Waals surface area (Å²) in [5.74, 6) is 0.540. The van der Waals surface area contributed by atoms with Gasteiger partial charge in [0.1, 0.15) is 4.66 Å².